The predicted octanol–water partition coefficient (Wildman–Crippen LogP) is 1.81. The summed E-state index contributed by atoms with van der Waals surface area (Å²) in [6.45, 7) is 6.49. The highest BCUT2D eigenvalue weighted by atomic mass is 16.6. The molecule has 2 N–H and O–H groups in total. The maximum absolute atomic E-state index is 10.8. The van der Waals surface area contributed by atoms with Crippen molar-refractivity contribution in [2.75, 3.05) is 6.61 Å². The Bertz CT molecular complexity index is 161. The van der Waals surface area contributed by atoms with Crippen LogP contribution >= 0.6 is 0 Å². The summed E-state index contributed by atoms with van der Waals surface area (Å²) in [5, 5.41) is 8.89. The van der Waals surface area contributed by atoms with Crippen LogP contribution in [-0.4, -0.2) is 23.7 Å². The molecule has 0 spiro atoms. The maximum Gasteiger partial charge on any atom is 0.323 e. The Morgan fingerprint density at radius 2 is 2.14 bits per heavy atom. The molecule has 14 heavy (non-hydrogen) atoms. The van der Waals surface area contributed by atoms with Crippen LogP contribution in [0, 0.1) is 5.92 Å². The fourth-order valence-electron chi connectivity index (χ4n) is 1.01. The molecule has 0 unspecified atom stereocenters. The van der Waals surface area contributed by atoms with Crippen molar-refractivity contribution >= 4 is 5.97 Å². The van der Waals surface area contributed by atoms with E-state index in [1.807, 2.05) is 13.8 Å². The van der Waals surface area contributed by atoms with Crippen molar-refractivity contribution in [3.8, 4) is 0 Å². The van der Waals surface area contributed by atoms with Crippen LogP contribution in [0.5, 0.6) is 0 Å². The first-order chi connectivity index (χ1) is 6.63. The van der Waals surface area contributed by atoms with Crippen LogP contribution in [0.25, 0.3) is 0 Å². The number of carboxylic acids is 1. The van der Waals surface area contributed by atoms with E-state index in [2.05, 4.69) is 12.4 Å². The van der Waals surface area contributed by atoms with E-state index in [9.17, 15) is 4.79 Å². The Hall–Kier alpha value is -0.610. The summed E-state index contributed by atoms with van der Waals surface area (Å²) >= 11 is 0. The van der Waals surface area contributed by atoms with Gasteiger partial charge in [-0.15, -0.1) is 0 Å². The average Bonchev–Trinajstić information content (AvgIpc) is 2.16. The summed E-state index contributed by atoms with van der Waals surface area (Å²) in [5.74, 6) is -0.773. The molecular formula is C10H21NO3. The van der Waals surface area contributed by atoms with Gasteiger partial charge in [-0.05, 0) is 12.3 Å². The highest BCUT2D eigenvalue weighted by Gasteiger charge is 2.23. The molecule has 0 aliphatic heterocycles. The number of aliphatic carboxylic acids is 1. The SMILES string of the molecule is CCCCON[C@H](C(=O)O)[C@@H](C)CC. The van der Waals surface area contributed by atoms with Gasteiger partial charge in [-0.1, -0.05) is 33.6 Å². The number of hydroxylamine groups is 1. The van der Waals surface area contributed by atoms with Gasteiger partial charge in [0.25, 0.3) is 0 Å². The van der Waals surface area contributed by atoms with Crippen LogP contribution < -0.4 is 5.48 Å². The molecular weight excluding hydrogens is 182 g/mol. The molecule has 0 fully saturated rings. The van der Waals surface area contributed by atoms with Crippen LogP contribution in [0.15, 0.2) is 0 Å². The molecule has 0 aliphatic carbocycles. The van der Waals surface area contributed by atoms with E-state index >= 15 is 0 Å². The molecule has 4 nitrogen and oxygen atoms in total. The molecule has 0 aromatic carbocycles. The second kappa shape index (κ2) is 7.76. The fourth-order valence-corrected chi connectivity index (χ4v) is 1.01. The minimum Gasteiger partial charge on any atom is -0.480 e. The van der Waals surface area contributed by atoms with Gasteiger partial charge in [0.1, 0.15) is 6.04 Å². The smallest absolute Gasteiger partial charge is 0.323 e. The third-order valence-corrected chi connectivity index (χ3v) is 2.29. The Morgan fingerprint density at radius 3 is 2.57 bits per heavy atom. The van der Waals surface area contributed by atoms with Crippen molar-refractivity contribution in [1.82, 2.24) is 5.48 Å². The van der Waals surface area contributed by atoms with Gasteiger partial charge < -0.3 is 9.94 Å². The molecule has 0 saturated carbocycles. The van der Waals surface area contributed by atoms with Gasteiger partial charge in [0.2, 0.25) is 0 Å². The summed E-state index contributed by atoms with van der Waals surface area (Å²) in [6, 6.07) is -0.600. The lowest BCUT2D eigenvalue weighted by molar-refractivity contribution is -0.146. The molecule has 84 valence electrons. The molecule has 0 saturated heterocycles. The van der Waals surface area contributed by atoms with Crippen LogP contribution in [0.2, 0.25) is 0 Å². The monoisotopic (exact) mass is 203 g/mol. The molecule has 0 amide bonds. The summed E-state index contributed by atoms with van der Waals surface area (Å²) in [4.78, 5) is 15.9. The standard InChI is InChI=1S/C10H21NO3/c1-4-6-7-14-11-9(10(12)13)8(3)5-2/h8-9,11H,4-7H2,1-3H3,(H,12,13)/t8-,9-/m0/s1. The van der Waals surface area contributed by atoms with Crippen molar-refractivity contribution in [3.63, 3.8) is 0 Å². The van der Waals surface area contributed by atoms with Gasteiger partial charge in [0.05, 0.1) is 6.61 Å². The average molecular weight is 203 g/mol. The number of unbranched alkanes of at least 4 members (excludes halogenated alkanes) is 1. The molecule has 0 rings (SSSR count). The largest absolute Gasteiger partial charge is 0.480 e. The molecule has 2 atom stereocenters. The lowest BCUT2D eigenvalue weighted by Crippen LogP contribution is -2.41. The minimum absolute atomic E-state index is 0.0779. The summed E-state index contributed by atoms with van der Waals surface area (Å²) in [5.41, 5.74) is 2.61. The maximum atomic E-state index is 10.8. The highest BCUT2D eigenvalue weighted by Crippen LogP contribution is 2.07. The number of rotatable bonds is 8. The van der Waals surface area contributed by atoms with Crippen LogP contribution in [0.3, 0.4) is 0 Å². The topological polar surface area (TPSA) is 58.6 Å². The minimum atomic E-state index is -0.851. The molecule has 0 aromatic rings. The van der Waals surface area contributed by atoms with E-state index in [1.54, 1.807) is 0 Å². The van der Waals surface area contributed by atoms with Crippen molar-refractivity contribution < 1.29 is 14.7 Å². The second-order valence-electron chi connectivity index (χ2n) is 3.52. The number of nitrogens with one attached hydrogen (secondary N) is 1. The van der Waals surface area contributed by atoms with Crippen LogP contribution in [-0.2, 0) is 9.63 Å². The van der Waals surface area contributed by atoms with Gasteiger partial charge in [0.15, 0.2) is 0 Å². The Labute approximate surface area is 85.6 Å². The lowest BCUT2D eigenvalue weighted by Gasteiger charge is -2.19. The molecule has 0 aliphatic rings. The summed E-state index contributed by atoms with van der Waals surface area (Å²) < 4.78 is 0. The molecule has 0 heterocycles. The number of carbonyl (C=O) groups is 1. The Morgan fingerprint density at radius 1 is 1.50 bits per heavy atom. The van der Waals surface area contributed by atoms with E-state index in [1.165, 1.54) is 0 Å². The van der Waals surface area contributed by atoms with E-state index in [-0.39, 0.29) is 5.92 Å². The fraction of sp³-hybridized carbons (Fsp3) is 0.900. The van der Waals surface area contributed by atoms with Crippen molar-refractivity contribution in [2.24, 2.45) is 5.92 Å². The predicted molar refractivity (Wildman–Crippen MR) is 54.9 cm³/mol. The summed E-state index contributed by atoms with van der Waals surface area (Å²) in [6.07, 6.45) is 2.81. The zero-order valence-electron chi connectivity index (χ0n) is 9.25. The van der Waals surface area contributed by atoms with E-state index in [0.717, 1.165) is 19.3 Å². The Balaban J connectivity index is 3.80. The normalized spacial score (nSPS) is 15.1. The van der Waals surface area contributed by atoms with E-state index in [4.69, 9.17) is 9.94 Å². The van der Waals surface area contributed by atoms with Gasteiger partial charge in [-0.25, -0.2) is 0 Å². The summed E-state index contributed by atoms with van der Waals surface area (Å²) in [7, 11) is 0. The van der Waals surface area contributed by atoms with Gasteiger partial charge in [-0.2, -0.15) is 5.48 Å². The first-order valence-electron chi connectivity index (χ1n) is 5.23. The lowest BCUT2D eigenvalue weighted by atomic mass is 10.0. The molecule has 0 aromatic heterocycles. The first-order valence-corrected chi connectivity index (χ1v) is 5.23. The Kier molecular flexibility index (Phi) is 7.42. The zero-order valence-corrected chi connectivity index (χ0v) is 9.25. The molecule has 0 bridgehead atoms. The highest BCUT2D eigenvalue weighted by molar-refractivity contribution is 5.73. The number of hydrogen-bond donors (Lipinski definition) is 2. The molecule has 0 radical (unpaired) electrons. The van der Waals surface area contributed by atoms with Gasteiger partial charge in [0, 0.05) is 0 Å². The van der Waals surface area contributed by atoms with E-state index in [0.29, 0.717) is 6.61 Å². The molecule has 4 heteroatoms. The van der Waals surface area contributed by atoms with Gasteiger partial charge in [-0.3, -0.25) is 4.79 Å². The number of hydrogen-bond acceptors (Lipinski definition) is 3. The van der Waals surface area contributed by atoms with Gasteiger partial charge >= 0.3 is 5.97 Å². The number of carboxylic acid groups (broad SMARTS) is 1. The second-order valence-corrected chi connectivity index (χ2v) is 3.52. The first kappa shape index (κ1) is 13.4. The van der Waals surface area contributed by atoms with Crippen LogP contribution in [0.1, 0.15) is 40.0 Å². The van der Waals surface area contributed by atoms with Crippen molar-refractivity contribution in [2.45, 2.75) is 46.1 Å². The van der Waals surface area contributed by atoms with Crippen molar-refractivity contribution in [1.29, 1.82) is 0 Å². The van der Waals surface area contributed by atoms with Crippen LogP contribution in [0.4, 0.5) is 0 Å². The van der Waals surface area contributed by atoms with E-state index < -0.39 is 12.0 Å². The zero-order chi connectivity index (χ0) is 11.0. The third-order valence-electron chi connectivity index (χ3n) is 2.29. The third kappa shape index (κ3) is 5.19. The van der Waals surface area contributed by atoms with Crippen molar-refractivity contribution in [3.05, 3.63) is 0 Å². The quantitative estimate of drug-likeness (QED) is 0.466.